The molecule has 0 bridgehead atoms. The monoisotopic (exact) mass is 435 g/mol. The van der Waals surface area contributed by atoms with Gasteiger partial charge in [0.2, 0.25) is 0 Å². The smallest absolute Gasteiger partial charge is 0.406 e. The number of ether oxygens (including phenoxy) is 1. The fourth-order valence-corrected chi connectivity index (χ4v) is 3.11. The summed E-state index contributed by atoms with van der Waals surface area (Å²) < 4.78 is 57.6. The lowest BCUT2D eigenvalue weighted by atomic mass is 10.0. The zero-order chi connectivity index (χ0) is 22.8. The van der Waals surface area contributed by atoms with Crippen molar-refractivity contribution >= 4 is 5.91 Å². The Morgan fingerprint density at radius 1 is 1.13 bits per heavy atom. The molecule has 0 spiro atoms. The highest BCUT2D eigenvalue weighted by Gasteiger charge is 2.31. The number of carbonyl (C=O) groups excluding carboxylic acids is 1. The van der Waals surface area contributed by atoms with Crippen LogP contribution in [0.25, 0.3) is 11.1 Å². The van der Waals surface area contributed by atoms with Crippen LogP contribution in [0, 0.1) is 5.82 Å². The van der Waals surface area contributed by atoms with Crippen LogP contribution in [-0.2, 0) is 13.6 Å². The van der Waals surface area contributed by atoms with Crippen LogP contribution in [0.2, 0.25) is 0 Å². The lowest BCUT2D eigenvalue weighted by Crippen LogP contribution is -2.36. The van der Waals surface area contributed by atoms with E-state index >= 15 is 0 Å². The van der Waals surface area contributed by atoms with Gasteiger partial charge in [-0.2, -0.15) is 0 Å². The second-order valence-electron chi connectivity index (χ2n) is 7.37. The van der Waals surface area contributed by atoms with E-state index in [1.165, 1.54) is 47.6 Å². The van der Waals surface area contributed by atoms with Crippen LogP contribution in [0.1, 0.15) is 29.9 Å². The summed E-state index contributed by atoms with van der Waals surface area (Å²) in [6.07, 6.45) is -1.80. The predicted molar refractivity (Wildman–Crippen MR) is 107 cm³/mol. The van der Waals surface area contributed by atoms with Crippen molar-refractivity contribution in [1.29, 1.82) is 0 Å². The average molecular weight is 435 g/mol. The molecule has 0 aliphatic rings. The molecule has 0 unspecified atom stereocenters. The summed E-state index contributed by atoms with van der Waals surface area (Å²) in [5.74, 6) is -1.22. The van der Waals surface area contributed by atoms with Gasteiger partial charge in [0.05, 0.1) is 6.33 Å². The highest BCUT2D eigenvalue weighted by Crippen LogP contribution is 2.31. The second kappa shape index (κ2) is 8.79. The molecule has 0 atom stereocenters. The number of nitrogens with zero attached hydrogens (tertiary/aromatic N) is 3. The molecule has 9 heteroatoms. The van der Waals surface area contributed by atoms with E-state index in [0.717, 1.165) is 0 Å². The van der Waals surface area contributed by atoms with Crippen molar-refractivity contribution in [3.63, 3.8) is 0 Å². The van der Waals surface area contributed by atoms with Gasteiger partial charge in [0.1, 0.15) is 17.3 Å². The number of halogens is 4. The Morgan fingerprint density at radius 2 is 1.81 bits per heavy atom. The molecule has 0 aliphatic carbocycles. The number of alkyl halides is 3. The van der Waals surface area contributed by atoms with Crippen molar-refractivity contribution in [2.45, 2.75) is 32.8 Å². The minimum Gasteiger partial charge on any atom is -0.406 e. The molecule has 3 rings (SSSR count). The molecule has 0 saturated heterocycles. The second-order valence-corrected chi connectivity index (χ2v) is 7.37. The number of carbonyl (C=O) groups is 1. The van der Waals surface area contributed by atoms with E-state index in [0.29, 0.717) is 16.7 Å². The SMILES string of the molecule is CC(C)N(Cc1cc(OC(F)(F)F)cc(-c2ccc(F)cc2)c1)C(=O)c1cn(C)cn1. The molecule has 0 radical (unpaired) electrons. The first-order chi connectivity index (χ1) is 14.5. The molecule has 164 valence electrons. The highest BCUT2D eigenvalue weighted by atomic mass is 19.4. The van der Waals surface area contributed by atoms with Gasteiger partial charge in [0.15, 0.2) is 0 Å². The molecule has 31 heavy (non-hydrogen) atoms. The van der Waals surface area contributed by atoms with E-state index in [1.54, 1.807) is 37.7 Å². The number of hydrogen-bond acceptors (Lipinski definition) is 3. The summed E-state index contributed by atoms with van der Waals surface area (Å²) in [6.45, 7) is 3.64. The normalized spacial score (nSPS) is 11.6. The first-order valence-electron chi connectivity index (χ1n) is 9.46. The average Bonchev–Trinajstić information content (AvgIpc) is 3.11. The van der Waals surface area contributed by atoms with Gasteiger partial charge in [-0.3, -0.25) is 4.79 Å². The van der Waals surface area contributed by atoms with Crippen LogP contribution >= 0.6 is 0 Å². The Balaban J connectivity index is 1.99. The molecule has 0 saturated carbocycles. The molecule has 1 aromatic heterocycles. The molecule has 0 fully saturated rings. The number of rotatable bonds is 6. The van der Waals surface area contributed by atoms with Crippen molar-refractivity contribution in [2.24, 2.45) is 7.05 Å². The van der Waals surface area contributed by atoms with E-state index in [2.05, 4.69) is 9.72 Å². The maximum Gasteiger partial charge on any atom is 0.573 e. The topological polar surface area (TPSA) is 47.4 Å². The van der Waals surface area contributed by atoms with E-state index in [9.17, 15) is 22.4 Å². The quantitative estimate of drug-likeness (QED) is 0.502. The Kier molecular flexibility index (Phi) is 6.33. The van der Waals surface area contributed by atoms with E-state index in [-0.39, 0.29) is 24.2 Å². The summed E-state index contributed by atoms with van der Waals surface area (Å²) in [5, 5.41) is 0. The van der Waals surface area contributed by atoms with Crippen LogP contribution in [0.15, 0.2) is 55.0 Å². The largest absolute Gasteiger partial charge is 0.573 e. The molecule has 0 aliphatic heterocycles. The van der Waals surface area contributed by atoms with Gasteiger partial charge in [-0.1, -0.05) is 12.1 Å². The number of benzene rings is 2. The maximum atomic E-state index is 13.3. The maximum absolute atomic E-state index is 13.3. The van der Waals surface area contributed by atoms with Crippen molar-refractivity contribution in [1.82, 2.24) is 14.5 Å². The van der Waals surface area contributed by atoms with Gasteiger partial charge >= 0.3 is 6.36 Å². The zero-order valence-electron chi connectivity index (χ0n) is 17.2. The van der Waals surface area contributed by atoms with Crippen LogP contribution in [0.5, 0.6) is 5.75 Å². The number of amides is 1. The standard InChI is InChI=1S/C22H21F4N3O2/c1-14(2)29(21(30)20-12-28(3)13-27-20)11-15-8-17(16-4-6-18(23)7-5-16)10-19(9-15)31-22(24,25)26/h4-10,12-14H,11H2,1-3H3. The number of imidazole rings is 1. The molecular formula is C22H21F4N3O2. The summed E-state index contributed by atoms with van der Waals surface area (Å²) in [5.41, 5.74) is 1.59. The molecule has 3 aromatic rings. The Bertz CT molecular complexity index is 1060. The lowest BCUT2D eigenvalue weighted by molar-refractivity contribution is -0.274. The predicted octanol–water partition coefficient (Wildman–Crippen LogP) is 5.18. The van der Waals surface area contributed by atoms with Gasteiger partial charge in [0.25, 0.3) is 5.91 Å². The van der Waals surface area contributed by atoms with Gasteiger partial charge in [0, 0.05) is 25.8 Å². The third-order valence-corrected chi connectivity index (χ3v) is 4.54. The Morgan fingerprint density at radius 3 is 2.35 bits per heavy atom. The third kappa shape index (κ3) is 5.84. The molecule has 0 N–H and O–H groups in total. The van der Waals surface area contributed by atoms with Gasteiger partial charge in [-0.25, -0.2) is 9.37 Å². The Hall–Kier alpha value is -3.36. The van der Waals surface area contributed by atoms with Gasteiger partial charge in [-0.05, 0) is 60.9 Å². The number of aryl methyl sites for hydroxylation is 1. The number of hydrogen-bond donors (Lipinski definition) is 0. The van der Waals surface area contributed by atoms with E-state index < -0.39 is 17.9 Å². The van der Waals surface area contributed by atoms with Crippen LogP contribution in [0.3, 0.4) is 0 Å². The minimum absolute atomic E-state index is 0.0380. The fourth-order valence-electron chi connectivity index (χ4n) is 3.11. The molecular weight excluding hydrogens is 414 g/mol. The van der Waals surface area contributed by atoms with Crippen molar-refractivity contribution in [3.05, 3.63) is 72.1 Å². The summed E-state index contributed by atoms with van der Waals surface area (Å²) in [7, 11) is 1.73. The van der Waals surface area contributed by atoms with E-state index in [1.807, 2.05) is 0 Å². The molecule has 1 heterocycles. The molecule has 5 nitrogen and oxygen atoms in total. The summed E-state index contributed by atoms with van der Waals surface area (Å²) in [4.78, 5) is 18.5. The van der Waals surface area contributed by atoms with Gasteiger partial charge < -0.3 is 14.2 Å². The van der Waals surface area contributed by atoms with Crippen LogP contribution in [-0.4, -0.2) is 32.8 Å². The van der Waals surface area contributed by atoms with Gasteiger partial charge in [-0.15, -0.1) is 13.2 Å². The van der Waals surface area contributed by atoms with Crippen molar-refractivity contribution in [2.75, 3.05) is 0 Å². The van der Waals surface area contributed by atoms with E-state index in [4.69, 9.17) is 0 Å². The fraction of sp³-hybridized carbons (Fsp3) is 0.273. The van der Waals surface area contributed by atoms with Crippen LogP contribution in [0.4, 0.5) is 17.6 Å². The first kappa shape index (κ1) is 22.3. The first-order valence-corrected chi connectivity index (χ1v) is 9.46. The highest BCUT2D eigenvalue weighted by molar-refractivity contribution is 5.92. The molecule has 1 amide bonds. The Labute approximate surface area is 176 Å². The zero-order valence-corrected chi connectivity index (χ0v) is 17.2. The lowest BCUT2D eigenvalue weighted by Gasteiger charge is -2.26. The van der Waals surface area contributed by atoms with Crippen molar-refractivity contribution in [3.8, 4) is 16.9 Å². The third-order valence-electron chi connectivity index (χ3n) is 4.54. The molecule has 2 aromatic carbocycles. The van der Waals surface area contributed by atoms with Crippen LogP contribution < -0.4 is 4.74 Å². The number of aromatic nitrogens is 2. The minimum atomic E-state index is -4.87. The van der Waals surface area contributed by atoms with Crippen molar-refractivity contribution < 1.29 is 27.1 Å². The summed E-state index contributed by atoms with van der Waals surface area (Å²) in [6, 6.07) is 9.24. The summed E-state index contributed by atoms with van der Waals surface area (Å²) >= 11 is 0.